The molecule has 0 saturated heterocycles. The van der Waals surface area contributed by atoms with Gasteiger partial charge in [-0.3, -0.25) is 4.79 Å². The van der Waals surface area contributed by atoms with E-state index in [9.17, 15) is 57.5 Å². The van der Waals surface area contributed by atoms with Crippen molar-refractivity contribution in [2.75, 3.05) is 0 Å². The number of pyridine rings is 1. The molecule has 0 unspecified atom stereocenters. The van der Waals surface area contributed by atoms with E-state index in [1.807, 2.05) is 30.3 Å². The summed E-state index contributed by atoms with van der Waals surface area (Å²) in [6.45, 7) is 0.356. The van der Waals surface area contributed by atoms with Gasteiger partial charge in [-0.05, 0) is 64.6 Å². The first-order valence-electron chi connectivity index (χ1n) is 24.1. The lowest BCUT2D eigenvalue weighted by Gasteiger charge is -2.44. The minimum atomic E-state index is -7.22. The molecule has 0 saturated carbocycles. The van der Waals surface area contributed by atoms with E-state index in [0.29, 0.717) is 6.54 Å². The number of Topliss-reactive ketones (excluding diaryl/α,β-unsaturated/α-hetero) is 1. The zero-order valence-corrected chi connectivity index (χ0v) is 41.1. The third-order valence-electron chi connectivity index (χ3n) is 14.1. The summed E-state index contributed by atoms with van der Waals surface area (Å²) in [4.78, 5) is 13.2. The monoisotopic (exact) mass is 1160 g/mol. The van der Waals surface area contributed by atoms with E-state index < -0.39 is 144 Å². The van der Waals surface area contributed by atoms with Gasteiger partial charge < -0.3 is 0 Å². The average Bonchev–Trinajstić information content (AvgIpc) is 0.824. The SMILES string of the molecule is Fc1c(F)c(F)c([B-](c2c(F)c(F)c(F)c(F)c2F)(c2c(F)c(F)c(F)c(F)c2F)c2c(F)c(F)c(F)c(F)c2F)c(F)c1F.O=C(C[n+]1c(CCCCc2c3ccccc3cc3ccccc23)ccc2ccccc21)c1ccccc1. The van der Waals surface area contributed by atoms with Gasteiger partial charge in [0.25, 0.3) is 0 Å². The second-order valence-corrected chi connectivity index (χ2v) is 18.6. The number of nitrogens with zero attached hydrogens (tertiary/aromatic N) is 1. The molecule has 10 aromatic rings. The molecule has 1 heterocycles. The summed E-state index contributed by atoms with van der Waals surface area (Å²) in [5.74, 6) is -71.3. The third-order valence-corrected chi connectivity index (χ3v) is 14.1. The first-order valence-corrected chi connectivity index (χ1v) is 24.1. The lowest BCUT2D eigenvalue weighted by molar-refractivity contribution is -0.664. The fraction of sp³-hybridized carbons (Fsp3) is 0.0847. The molecule has 23 heteroatoms. The number of fused-ring (bicyclic) bond motifs is 3. The van der Waals surface area contributed by atoms with Crippen molar-refractivity contribution in [3.05, 3.63) is 254 Å². The van der Waals surface area contributed by atoms with Crippen LogP contribution in [0.3, 0.4) is 0 Å². The highest BCUT2D eigenvalue weighted by Gasteiger charge is 2.52. The Bertz CT molecular complexity index is 3800. The number of ketones is 1. The maximum atomic E-state index is 15.4. The van der Waals surface area contributed by atoms with Crippen molar-refractivity contribution in [2.24, 2.45) is 0 Å². The number of rotatable bonds is 12. The van der Waals surface area contributed by atoms with E-state index >= 15 is 35.1 Å². The number of carbonyl (C=O) groups excluding carboxylic acids is 1. The highest BCUT2D eigenvalue weighted by Crippen LogP contribution is 2.33. The molecule has 0 fully saturated rings. The topological polar surface area (TPSA) is 20.9 Å². The molecular formula is C59H30BF20NO. The lowest BCUT2D eigenvalue weighted by Crippen LogP contribution is -2.81. The predicted molar refractivity (Wildman–Crippen MR) is 262 cm³/mol. The molecule has 0 aliphatic rings. The van der Waals surface area contributed by atoms with E-state index in [4.69, 9.17) is 0 Å². The van der Waals surface area contributed by atoms with Crippen LogP contribution in [-0.4, -0.2) is 11.9 Å². The Morgan fingerprint density at radius 1 is 0.329 bits per heavy atom. The van der Waals surface area contributed by atoms with E-state index in [-0.39, 0.29) is 5.78 Å². The molecule has 0 radical (unpaired) electrons. The van der Waals surface area contributed by atoms with Crippen molar-refractivity contribution in [2.45, 2.75) is 32.2 Å². The summed E-state index contributed by atoms with van der Waals surface area (Å²) in [6, 6.07) is 42.1. The van der Waals surface area contributed by atoms with Gasteiger partial charge in [-0.25, -0.2) is 87.8 Å². The number of para-hydroxylation sites is 1. The van der Waals surface area contributed by atoms with Gasteiger partial charge in [-0.2, -0.15) is 4.57 Å². The van der Waals surface area contributed by atoms with Gasteiger partial charge in [0.1, 0.15) is 52.7 Å². The van der Waals surface area contributed by atoms with Crippen molar-refractivity contribution in [3.8, 4) is 0 Å². The predicted octanol–water partition coefficient (Wildman–Crippen LogP) is 13.7. The molecular weight excluding hydrogens is 1130 g/mol. The van der Waals surface area contributed by atoms with Crippen LogP contribution >= 0.6 is 0 Å². The highest BCUT2D eigenvalue weighted by molar-refractivity contribution is 7.20. The Hall–Kier alpha value is -8.76. The summed E-state index contributed by atoms with van der Waals surface area (Å²) < 4.78 is 296. The molecule has 0 bridgehead atoms. The van der Waals surface area contributed by atoms with Crippen molar-refractivity contribution in [1.82, 2.24) is 0 Å². The number of hydrogen-bond acceptors (Lipinski definition) is 1. The van der Waals surface area contributed by atoms with Crippen molar-refractivity contribution < 1.29 is 97.2 Å². The van der Waals surface area contributed by atoms with Gasteiger partial charge in [0, 0.05) is 29.5 Å². The number of benzene rings is 9. The normalized spacial score (nSPS) is 11.7. The number of aryl methyl sites for hydroxylation is 2. The molecule has 420 valence electrons. The number of unbranched alkanes of at least 4 members (excludes halogenated alkanes) is 1. The second-order valence-electron chi connectivity index (χ2n) is 18.6. The van der Waals surface area contributed by atoms with Gasteiger partial charge in [0.05, 0.1) is 0 Å². The molecule has 0 atom stereocenters. The summed E-state index contributed by atoms with van der Waals surface area (Å²) in [5, 5.41) is 6.49. The van der Waals surface area contributed by atoms with Gasteiger partial charge in [0.2, 0.25) is 17.8 Å². The Balaban J connectivity index is 0.000000201. The van der Waals surface area contributed by atoms with Crippen molar-refractivity contribution in [3.63, 3.8) is 0 Å². The second kappa shape index (κ2) is 22.6. The standard InChI is InChI=1S/C35H30NO.C24BF20/c37-35(27-13-2-1-3-14-27)25-36-30(23-22-26-12-6-11-21-34(26)36)17-7-10-20-33-31-18-8-4-15-28(31)24-29-16-5-9-19-32(29)33;26-5-1(6(27)14(35)21(42)13(5)34)25(2-7(28)15(36)22(43)16(37)8(2)29,3-9(30)17(38)23(44)18(39)10(3)31)4-11(32)19(40)24(45)20(41)12(4)33/h1-6,8-9,11-16,18-19,21-24H,7,10,17,20,25H2;/q+1;-1. The highest BCUT2D eigenvalue weighted by atomic mass is 19.2. The van der Waals surface area contributed by atoms with Crippen LogP contribution in [0.25, 0.3) is 32.4 Å². The van der Waals surface area contributed by atoms with E-state index in [2.05, 4.69) is 95.6 Å². The van der Waals surface area contributed by atoms with Crippen LogP contribution in [0, 0.1) is 116 Å². The average molecular weight is 1160 g/mol. The first-order chi connectivity index (χ1) is 39.0. The Labute approximate surface area is 449 Å². The Morgan fingerprint density at radius 2 is 0.646 bits per heavy atom. The zero-order chi connectivity index (χ0) is 59.4. The maximum Gasteiger partial charge on any atom is 0.227 e. The van der Waals surface area contributed by atoms with Gasteiger partial charge >= 0.3 is 0 Å². The van der Waals surface area contributed by atoms with Crippen LogP contribution in [-0.2, 0) is 19.4 Å². The van der Waals surface area contributed by atoms with E-state index in [1.54, 1.807) is 0 Å². The van der Waals surface area contributed by atoms with E-state index in [0.717, 1.165) is 42.1 Å². The van der Waals surface area contributed by atoms with E-state index in [1.165, 1.54) is 32.8 Å². The number of aromatic nitrogens is 1. The van der Waals surface area contributed by atoms with Crippen LogP contribution in [0.2, 0.25) is 0 Å². The molecule has 0 N–H and O–H groups in total. The quantitative estimate of drug-likeness (QED) is 0.0175. The van der Waals surface area contributed by atoms with Gasteiger partial charge in [0.15, 0.2) is 75.5 Å². The fourth-order valence-electron chi connectivity index (χ4n) is 10.4. The Kier molecular flexibility index (Phi) is 16.0. The Morgan fingerprint density at radius 3 is 1.04 bits per heavy atom. The fourth-order valence-corrected chi connectivity index (χ4v) is 10.4. The van der Waals surface area contributed by atoms with Crippen molar-refractivity contribution in [1.29, 1.82) is 0 Å². The molecule has 2 nitrogen and oxygen atoms in total. The summed E-state index contributed by atoms with van der Waals surface area (Å²) >= 11 is 0. The molecule has 0 aliphatic carbocycles. The number of carbonyl (C=O) groups is 1. The van der Waals surface area contributed by atoms with Gasteiger partial charge in [-0.1, -0.05) is 91.0 Å². The molecule has 10 rings (SSSR count). The largest absolute Gasteiger partial charge is 0.287 e. The molecule has 1 aromatic heterocycles. The zero-order valence-electron chi connectivity index (χ0n) is 41.1. The van der Waals surface area contributed by atoms with Gasteiger partial charge in [-0.15, -0.1) is 21.9 Å². The minimum Gasteiger partial charge on any atom is -0.287 e. The first kappa shape index (κ1) is 57.9. The molecule has 9 aromatic carbocycles. The maximum absolute atomic E-state index is 15.4. The lowest BCUT2D eigenvalue weighted by atomic mass is 9.12. The smallest absolute Gasteiger partial charge is 0.227 e. The molecule has 0 aliphatic heterocycles. The molecule has 0 amide bonds. The number of hydrogen-bond donors (Lipinski definition) is 0. The van der Waals surface area contributed by atoms with Crippen LogP contribution in [0.1, 0.15) is 34.5 Å². The third kappa shape index (κ3) is 9.51. The summed E-state index contributed by atoms with van der Waals surface area (Å²) in [6.07, 6.45) is -3.08. The van der Waals surface area contributed by atoms with Crippen LogP contribution in [0.4, 0.5) is 87.8 Å². The van der Waals surface area contributed by atoms with Crippen LogP contribution < -0.4 is 26.4 Å². The van der Waals surface area contributed by atoms with Crippen molar-refractivity contribution >= 4 is 66.2 Å². The molecule has 82 heavy (non-hydrogen) atoms. The minimum absolute atomic E-state index is 0.144. The summed E-state index contributed by atoms with van der Waals surface area (Å²) in [7, 11) is 0. The summed E-state index contributed by atoms with van der Waals surface area (Å²) in [5.41, 5.74) is -9.80. The number of halogens is 20. The van der Waals surface area contributed by atoms with Crippen LogP contribution in [0.15, 0.2) is 121 Å². The van der Waals surface area contributed by atoms with Crippen LogP contribution in [0.5, 0.6) is 0 Å². The molecule has 0 spiro atoms.